The van der Waals surface area contributed by atoms with Crippen molar-refractivity contribution in [2.75, 3.05) is 19.8 Å². The van der Waals surface area contributed by atoms with Crippen molar-refractivity contribution >= 4 is 11.0 Å². The van der Waals surface area contributed by atoms with Crippen molar-refractivity contribution in [3.8, 4) is 28.4 Å². The molecule has 0 saturated carbocycles. The van der Waals surface area contributed by atoms with Gasteiger partial charge in [0.05, 0.1) is 17.6 Å². The van der Waals surface area contributed by atoms with Gasteiger partial charge in [0.25, 0.3) is 0 Å². The predicted octanol–water partition coefficient (Wildman–Crippen LogP) is 1.43. The first-order valence-electron chi connectivity index (χ1n) is 11.1. The first kappa shape index (κ1) is 25.3. The normalized spacial score (nSPS) is 25.8. The third kappa shape index (κ3) is 4.60. The molecule has 1 fully saturated rings. The number of hydrogen-bond donors (Lipinski definition) is 4. The van der Waals surface area contributed by atoms with Gasteiger partial charge in [-0.1, -0.05) is 6.07 Å². The minimum atomic E-state index is -5.04. The van der Waals surface area contributed by atoms with Crippen LogP contribution >= 0.6 is 0 Å². The van der Waals surface area contributed by atoms with Crippen molar-refractivity contribution in [3.63, 3.8) is 0 Å². The van der Waals surface area contributed by atoms with E-state index in [1.54, 1.807) is 0 Å². The molecule has 1 aromatic heterocycles. The van der Waals surface area contributed by atoms with Gasteiger partial charge in [0, 0.05) is 6.07 Å². The Balaban J connectivity index is 1.56. The zero-order valence-corrected chi connectivity index (χ0v) is 18.8. The zero-order valence-electron chi connectivity index (χ0n) is 18.8. The molecule has 0 bridgehead atoms. The number of hydrogen-bond acceptors (Lipinski definition) is 10. The summed E-state index contributed by atoms with van der Waals surface area (Å²) >= 11 is 0. The molecule has 10 nitrogen and oxygen atoms in total. The molecule has 5 atom stereocenters. The van der Waals surface area contributed by atoms with Crippen LogP contribution in [0.2, 0.25) is 0 Å². The highest BCUT2D eigenvalue weighted by Gasteiger charge is 2.45. The Morgan fingerprint density at radius 1 is 0.946 bits per heavy atom. The molecule has 3 aromatic rings. The molecule has 198 valence electrons. The molecule has 2 aliphatic heterocycles. The van der Waals surface area contributed by atoms with Crippen molar-refractivity contribution in [1.29, 1.82) is 0 Å². The minimum absolute atomic E-state index is 0.0751. The lowest BCUT2D eigenvalue weighted by Gasteiger charge is -2.39. The molecule has 0 spiro atoms. The Bertz CT molecular complexity index is 1370. The molecule has 0 aliphatic carbocycles. The SMILES string of the molecule is O=c1c(-c2ccc3c(c2)OCCO3)c(C(F)(F)F)oc2cc(O[C@@H]3O[C@H](CO)[C@@H](O)[C@H](O)[C@H]3O)ccc12. The highest BCUT2D eigenvalue weighted by molar-refractivity contribution is 5.84. The first-order chi connectivity index (χ1) is 17.6. The van der Waals surface area contributed by atoms with Crippen LogP contribution in [0.25, 0.3) is 22.1 Å². The van der Waals surface area contributed by atoms with Gasteiger partial charge in [-0.15, -0.1) is 0 Å². The van der Waals surface area contributed by atoms with Crippen molar-refractivity contribution < 1.29 is 57.0 Å². The monoisotopic (exact) mass is 526 g/mol. The van der Waals surface area contributed by atoms with Crippen LogP contribution in [0.5, 0.6) is 17.2 Å². The van der Waals surface area contributed by atoms with Crippen LogP contribution in [-0.4, -0.2) is 71.0 Å². The average Bonchev–Trinajstić information content (AvgIpc) is 2.88. The Hall–Kier alpha value is -3.36. The van der Waals surface area contributed by atoms with Crippen molar-refractivity contribution in [2.24, 2.45) is 0 Å². The van der Waals surface area contributed by atoms with E-state index in [2.05, 4.69) is 0 Å². The maximum Gasteiger partial charge on any atom is 0.450 e. The summed E-state index contributed by atoms with van der Waals surface area (Å²) in [5.74, 6) is -1.17. The molecular formula is C24H21F3O10. The van der Waals surface area contributed by atoms with Crippen molar-refractivity contribution in [2.45, 2.75) is 36.9 Å². The first-order valence-corrected chi connectivity index (χ1v) is 11.1. The van der Waals surface area contributed by atoms with E-state index in [1.165, 1.54) is 30.3 Å². The van der Waals surface area contributed by atoms with Gasteiger partial charge in [0.15, 0.2) is 11.5 Å². The third-order valence-electron chi connectivity index (χ3n) is 6.05. The van der Waals surface area contributed by atoms with Crippen molar-refractivity contribution in [1.82, 2.24) is 0 Å². The Morgan fingerprint density at radius 3 is 2.38 bits per heavy atom. The number of fused-ring (bicyclic) bond motifs is 2. The van der Waals surface area contributed by atoms with Crippen LogP contribution in [0.15, 0.2) is 45.6 Å². The molecule has 0 radical (unpaired) electrons. The Kier molecular flexibility index (Phi) is 6.50. The standard InChI is InChI=1S/C24H21F3O10/c25-24(26,27)22-17(10-1-4-13-15(7-10)34-6-5-33-13)18(29)12-3-2-11(8-14(12)36-22)35-23-21(32)20(31)19(30)16(9-28)37-23/h1-4,7-8,16,19-21,23,28,30-32H,5-6,9H2/t16-,19-,20+,21-,23-/m1/s1. The van der Waals surface area contributed by atoms with Crippen molar-refractivity contribution in [3.05, 3.63) is 52.4 Å². The molecule has 37 heavy (non-hydrogen) atoms. The van der Waals surface area contributed by atoms with Crippen LogP contribution in [0.3, 0.4) is 0 Å². The van der Waals surface area contributed by atoms with Crippen LogP contribution in [-0.2, 0) is 10.9 Å². The van der Waals surface area contributed by atoms with E-state index in [-0.39, 0.29) is 35.7 Å². The van der Waals surface area contributed by atoms with Crippen LogP contribution in [0.4, 0.5) is 13.2 Å². The second kappa shape index (κ2) is 9.50. The molecule has 5 rings (SSSR count). The summed E-state index contributed by atoms with van der Waals surface area (Å²) in [6, 6.07) is 7.41. The maximum absolute atomic E-state index is 14.0. The quantitative estimate of drug-likeness (QED) is 0.394. The fourth-order valence-corrected chi connectivity index (χ4v) is 4.21. The number of ether oxygens (including phenoxy) is 4. The number of aliphatic hydroxyl groups excluding tert-OH is 4. The summed E-state index contributed by atoms with van der Waals surface area (Å²) in [4.78, 5) is 13.3. The molecule has 1 saturated heterocycles. The van der Waals surface area contributed by atoms with Crippen LogP contribution in [0, 0.1) is 0 Å². The zero-order chi connectivity index (χ0) is 26.5. The lowest BCUT2D eigenvalue weighted by Crippen LogP contribution is -2.60. The van der Waals surface area contributed by atoms with E-state index >= 15 is 0 Å². The van der Waals surface area contributed by atoms with Crippen LogP contribution < -0.4 is 19.6 Å². The van der Waals surface area contributed by atoms with E-state index in [0.717, 1.165) is 6.07 Å². The molecule has 0 amide bonds. The number of halogens is 3. The summed E-state index contributed by atoms with van der Waals surface area (Å²) in [5.41, 5.74) is -2.20. The maximum atomic E-state index is 14.0. The number of benzene rings is 2. The van der Waals surface area contributed by atoms with Gasteiger partial charge in [-0.3, -0.25) is 4.79 Å². The summed E-state index contributed by atoms with van der Waals surface area (Å²) in [6.07, 6.45) is -13.0. The second-order valence-corrected chi connectivity index (χ2v) is 8.46. The number of aliphatic hydroxyl groups is 4. The molecular weight excluding hydrogens is 505 g/mol. The van der Waals surface area contributed by atoms with E-state index in [4.69, 9.17) is 23.4 Å². The lowest BCUT2D eigenvalue weighted by molar-refractivity contribution is -0.277. The largest absolute Gasteiger partial charge is 0.486 e. The van der Waals surface area contributed by atoms with E-state index in [0.29, 0.717) is 5.75 Å². The molecule has 4 N–H and O–H groups in total. The molecule has 2 aromatic carbocycles. The number of rotatable bonds is 4. The summed E-state index contributed by atoms with van der Waals surface area (Å²) < 4.78 is 68.7. The number of alkyl halides is 3. The third-order valence-corrected chi connectivity index (χ3v) is 6.05. The van der Waals surface area contributed by atoms with Gasteiger partial charge >= 0.3 is 6.18 Å². The van der Waals surface area contributed by atoms with Gasteiger partial charge in [-0.25, -0.2) is 0 Å². The summed E-state index contributed by atoms with van der Waals surface area (Å²) in [5, 5.41) is 39.1. The molecule has 2 aliphatic rings. The molecule has 3 heterocycles. The second-order valence-electron chi connectivity index (χ2n) is 8.46. The molecule has 0 unspecified atom stereocenters. The highest BCUT2D eigenvalue weighted by atomic mass is 19.4. The van der Waals surface area contributed by atoms with E-state index in [9.17, 15) is 38.4 Å². The van der Waals surface area contributed by atoms with E-state index in [1.807, 2.05) is 0 Å². The fraction of sp³-hybridized carbons (Fsp3) is 0.375. The van der Waals surface area contributed by atoms with Gasteiger partial charge < -0.3 is 43.8 Å². The Morgan fingerprint density at radius 2 is 1.68 bits per heavy atom. The average molecular weight is 526 g/mol. The molecule has 13 heteroatoms. The smallest absolute Gasteiger partial charge is 0.450 e. The highest BCUT2D eigenvalue weighted by Crippen LogP contribution is 2.41. The summed E-state index contributed by atoms with van der Waals surface area (Å²) in [6.45, 7) is -0.215. The van der Waals surface area contributed by atoms with Gasteiger partial charge in [-0.2, -0.15) is 13.2 Å². The van der Waals surface area contributed by atoms with Gasteiger partial charge in [0.2, 0.25) is 17.5 Å². The van der Waals surface area contributed by atoms with Crippen LogP contribution in [0.1, 0.15) is 5.76 Å². The topological polar surface area (TPSA) is 148 Å². The minimum Gasteiger partial charge on any atom is -0.486 e. The fourth-order valence-electron chi connectivity index (χ4n) is 4.21. The van der Waals surface area contributed by atoms with Gasteiger partial charge in [-0.05, 0) is 29.8 Å². The lowest BCUT2D eigenvalue weighted by atomic mass is 9.99. The summed E-state index contributed by atoms with van der Waals surface area (Å²) in [7, 11) is 0. The van der Waals surface area contributed by atoms with E-state index < -0.39 is 65.8 Å². The van der Waals surface area contributed by atoms with Gasteiger partial charge in [0.1, 0.15) is 49.0 Å². The predicted molar refractivity (Wildman–Crippen MR) is 118 cm³/mol. The Labute approximate surface area is 206 Å².